The summed E-state index contributed by atoms with van der Waals surface area (Å²) in [4.78, 5) is 8.47. The first-order valence-corrected chi connectivity index (χ1v) is 10.2. The Balaban J connectivity index is 0.00000261. The third kappa shape index (κ3) is 7.31. The zero-order valence-electron chi connectivity index (χ0n) is 15.8. The minimum Gasteiger partial charge on any atom is -0.378 e. The third-order valence-corrected chi connectivity index (χ3v) is 5.26. The summed E-state index contributed by atoms with van der Waals surface area (Å²) in [6.45, 7) is 8.09. The second kappa shape index (κ2) is 12.2. The first-order chi connectivity index (χ1) is 12.8. The molecule has 1 fully saturated rings. The Labute approximate surface area is 183 Å². The van der Waals surface area contributed by atoms with Crippen LogP contribution in [0.1, 0.15) is 17.4 Å². The molecule has 0 aliphatic carbocycles. The molecule has 2 heterocycles. The van der Waals surface area contributed by atoms with Gasteiger partial charge in [-0.25, -0.2) is 4.99 Å². The molecule has 1 aromatic carbocycles. The SMILES string of the molecule is CCNC(=NCc1ccc(N2CCOCC2)cc1)NCCc1cccs1.I. The van der Waals surface area contributed by atoms with Crippen molar-refractivity contribution < 1.29 is 4.74 Å². The molecule has 0 bridgehead atoms. The number of benzene rings is 1. The van der Waals surface area contributed by atoms with Crippen LogP contribution in [0.2, 0.25) is 0 Å². The smallest absolute Gasteiger partial charge is 0.191 e. The molecule has 1 aromatic heterocycles. The minimum atomic E-state index is 0. The first kappa shape index (κ1) is 22.0. The molecule has 0 atom stereocenters. The van der Waals surface area contributed by atoms with Gasteiger partial charge in [-0.05, 0) is 42.5 Å². The summed E-state index contributed by atoms with van der Waals surface area (Å²) >= 11 is 1.80. The number of aliphatic imine (C=N–C) groups is 1. The number of nitrogens with one attached hydrogen (secondary N) is 2. The lowest BCUT2D eigenvalue weighted by molar-refractivity contribution is 0.122. The molecule has 1 aliphatic rings. The van der Waals surface area contributed by atoms with Crippen LogP contribution in [0.3, 0.4) is 0 Å². The Morgan fingerprint density at radius 3 is 2.59 bits per heavy atom. The Hall–Kier alpha value is -1.32. The molecule has 1 saturated heterocycles. The van der Waals surface area contributed by atoms with E-state index >= 15 is 0 Å². The molecule has 0 saturated carbocycles. The highest BCUT2D eigenvalue weighted by Gasteiger charge is 2.10. The van der Waals surface area contributed by atoms with E-state index in [0.717, 1.165) is 51.8 Å². The molecule has 0 spiro atoms. The summed E-state index contributed by atoms with van der Waals surface area (Å²) in [5.74, 6) is 0.876. The van der Waals surface area contributed by atoms with Crippen LogP contribution in [-0.2, 0) is 17.7 Å². The highest BCUT2D eigenvalue weighted by atomic mass is 127. The van der Waals surface area contributed by atoms with Gasteiger partial charge in [0.05, 0.1) is 19.8 Å². The van der Waals surface area contributed by atoms with Crippen LogP contribution in [-0.4, -0.2) is 45.4 Å². The Bertz CT molecular complexity index is 670. The van der Waals surface area contributed by atoms with Gasteiger partial charge >= 0.3 is 0 Å². The van der Waals surface area contributed by atoms with Gasteiger partial charge in [-0.3, -0.25) is 0 Å². The van der Waals surface area contributed by atoms with Crippen LogP contribution in [0.4, 0.5) is 5.69 Å². The maximum Gasteiger partial charge on any atom is 0.191 e. The Kier molecular flexibility index (Phi) is 9.93. The van der Waals surface area contributed by atoms with Gasteiger partial charge in [-0.1, -0.05) is 18.2 Å². The van der Waals surface area contributed by atoms with Gasteiger partial charge in [-0.15, -0.1) is 35.3 Å². The fraction of sp³-hybridized carbons (Fsp3) is 0.450. The molecule has 0 amide bonds. The van der Waals surface area contributed by atoms with Crippen LogP contribution in [0.25, 0.3) is 0 Å². The van der Waals surface area contributed by atoms with Crippen molar-refractivity contribution >= 4 is 47.0 Å². The van der Waals surface area contributed by atoms with Crippen LogP contribution in [0.15, 0.2) is 46.8 Å². The largest absolute Gasteiger partial charge is 0.378 e. The summed E-state index contributed by atoms with van der Waals surface area (Å²) in [7, 11) is 0. The Morgan fingerprint density at radius 1 is 1.15 bits per heavy atom. The molecule has 2 N–H and O–H groups in total. The molecule has 1 aliphatic heterocycles. The van der Waals surface area contributed by atoms with E-state index < -0.39 is 0 Å². The van der Waals surface area contributed by atoms with E-state index in [0.29, 0.717) is 6.54 Å². The molecule has 148 valence electrons. The predicted octanol–water partition coefficient (Wildman–Crippen LogP) is 3.50. The molecule has 3 rings (SSSR count). The highest BCUT2D eigenvalue weighted by Crippen LogP contribution is 2.17. The molecule has 2 aromatic rings. The van der Waals surface area contributed by atoms with E-state index in [1.54, 1.807) is 11.3 Å². The molecule has 5 nitrogen and oxygen atoms in total. The van der Waals surface area contributed by atoms with Crippen LogP contribution < -0.4 is 15.5 Å². The van der Waals surface area contributed by atoms with Gasteiger partial charge in [0.15, 0.2) is 5.96 Å². The van der Waals surface area contributed by atoms with Crippen molar-refractivity contribution in [1.29, 1.82) is 0 Å². The summed E-state index contributed by atoms with van der Waals surface area (Å²) in [6, 6.07) is 13.0. The molecule has 7 heteroatoms. The maximum absolute atomic E-state index is 5.42. The quantitative estimate of drug-likeness (QED) is 0.347. The number of hydrogen-bond donors (Lipinski definition) is 2. The van der Waals surface area contributed by atoms with Crippen molar-refractivity contribution in [2.45, 2.75) is 19.9 Å². The maximum atomic E-state index is 5.42. The number of morpholine rings is 1. The normalized spacial score (nSPS) is 14.6. The van der Waals surface area contributed by atoms with Crippen molar-refractivity contribution in [3.05, 3.63) is 52.2 Å². The monoisotopic (exact) mass is 500 g/mol. The van der Waals surface area contributed by atoms with Crippen LogP contribution in [0, 0.1) is 0 Å². The zero-order chi connectivity index (χ0) is 18.0. The third-order valence-electron chi connectivity index (χ3n) is 4.32. The second-order valence-corrected chi connectivity index (χ2v) is 7.25. The molecule has 27 heavy (non-hydrogen) atoms. The average molecular weight is 500 g/mol. The standard InChI is InChI=1S/C20H28N4OS.HI/c1-2-21-20(22-10-9-19-4-3-15-26-19)23-16-17-5-7-18(8-6-17)24-11-13-25-14-12-24;/h3-8,15H,2,9-14,16H2,1H3,(H2,21,22,23);1H. The fourth-order valence-corrected chi connectivity index (χ4v) is 3.61. The van der Waals surface area contributed by atoms with Gasteiger partial charge in [0.25, 0.3) is 0 Å². The van der Waals surface area contributed by atoms with Gasteiger partial charge < -0.3 is 20.3 Å². The van der Waals surface area contributed by atoms with Crippen molar-refractivity contribution in [1.82, 2.24) is 10.6 Å². The Morgan fingerprint density at radius 2 is 1.93 bits per heavy atom. The predicted molar refractivity (Wildman–Crippen MR) is 126 cm³/mol. The fourth-order valence-electron chi connectivity index (χ4n) is 2.90. The van der Waals surface area contributed by atoms with E-state index in [4.69, 9.17) is 9.73 Å². The average Bonchev–Trinajstić information content (AvgIpc) is 3.21. The number of hydrogen-bond acceptors (Lipinski definition) is 4. The molecular weight excluding hydrogens is 471 g/mol. The number of guanidine groups is 1. The summed E-state index contributed by atoms with van der Waals surface area (Å²) in [5.41, 5.74) is 2.49. The summed E-state index contributed by atoms with van der Waals surface area (Å²) < 4.78 is 5.42. The second-order valence-electron chi connectivity index (χ2n) is 6.22. The number of halogens is 1. The van der Waals surface area contributed by atoms with Gasteiger partial charge in [0.1, 0.15) is 0 Å². The van der Waals surface area contributed by atoms with E-state index in [1.807, 2.05) is 0 Å². The van der Waals surface area contributed by atoms with E-state index in [-0.39, 0.29) is 24.0 Å². The first-order valence-electron chi connectivity index (χ1n) is 9.31. The number of nitrogens with zero attached hydrogens (tertiary/aromatic N) is 2. The van der Waals surface area contributed by atoms with Gasteiger partial charge in [0.2, 0.25) is 0 Å². The molecular formula is C20H29IN4OS. The van der Waals surface area contributed by atoms with Crippen LogP contribution >= 0.6 is 35.3 Å². The number of ether oxygens (including phenoxy) is 1. The van der Waals surface area contributed by atoms with E-state index in [9.17, 15) is 0 Å². The van der Waals surface area contributed by atoms with Crippen LogP contribution in [0.5, 0.6) is 0 Å². The summed E-state index contributed by atoms with van der Waals surface area (Å²) in [6.07, 6.45) is 1.02. The number of rotatable bonds is 7. The lowest BCUT2D eigenvalue weighted by atomic mass is 10.2. The van der Waals surface area contributed by atoms with Crippen molar-refractivity contribution in [3.63, 3.8) is 0 Å². The lowest BCUT2D eigenvalue weighted by Gasteiger charge is -2.28. The molecule has 0 radical (unpaired) electrons. The molecule has 0 unspecified atom stereocenters. The topological polar surface area (TPSA) is 48.9 Å². The van der Waals surface area contributed by atoms with Gasteiger partial charge in [0, 0.05) is 36.7 Å². The van der Waals surface area contributed by atoms with Crippen molar-refractivity contribution in [2.24, 2.45) is 4.99 Å². The van der Waals surface area contributed by atoms with Gasteiger partial charge in [-0.2, -0.15) is 0 Å². The van der Waals surface area contributed by atoms with Crippen molar-refractivity contribution in [2.75, 3.05) is 44.3 Å². The highest BCUT2D eigenvalue weighted by molar-refractivity contribution is 14.0. The van der Waals surface area contributed by atoms with E-state index in [1.165, 1.54) is 16.1 Å². The van der Waals surface area contributed by atoms with E-state index in [2.05, 4.69) is 64.2 Å². The summed E-state index contributed by atoms with van der Waals surface area (Å²) in [5, 5.41) is 8.85. The minimum absolute atomic E-state index is 0. The zero-order valence-corrected chi connectivity index (χ0v) is 19.0. The number of thiophene rings is 1. The van der Waals surface area contributed by atoms with Crippen molar-refractivity contribution in [3.8, 4) is 0 Å². The number of anilines is 1. The lowest BCUT2D eigenvalue weighted by Crippen LogP contribution is -2.38.